The van der Waals surface area contributed by atoms with Crippen LogP contribution in [-0.4, -0.2) is 34.5 Å². The topological polar surface area (TPSA) is 101 Å². The van der Waals surface area contributed by atoms with Crippen molar-refractivity contribution in [2.45, 2.75) is 25.4 Å². The summed E-state index contributed by atoms with van der Waals surface area (Å²) in [5, 5.41) is 7.07. The normalized spacial score (nSPS) is 13.4. The molecule has 2 heterocycles. The molecule has 1 aliphatic rings. The van der Waals surface area contributed by atoms with Gasteiger partial charge in [0, 0.05) is 12.1 Å². The molecule has 1 amide bonds. The van der Waals surface area contributed by atoms with Crippen molar-refractivity contribution in [3.63, 3.8) is 0 Å². The van der Waals surface area contributed by atoms with Gasteiger partial charge in [-0.2, -0.15) is 0 Å². The molecule has 0 atom stereocenters. The number of benzene rings is 1. The molecule has 1 saturated carbocycles. The number of rotatable bonds is 7. The summed E-state index contributed by atoms with van der Waals surface area (Å²) in [4.78, 5) is 25.3. The molecular weight excluding hydrogens is 364 g/mol. The van der Waals surface area contributed by atoms with Crippen molar-refractivity contribution in [1.82, 2.24) is 14.3 Å². The Hall–Kier alpha value is -3.49. The average molecular weight is 384 g/mol. The van der Waals surface area contributed by atoms with E-state index >= 15 is 0 Å². The van der Waals surface area contributed by atoms with Gasteiger partial charge in [0.1, 0.15) is 18.0 Å². The quantitative estimate of drug-likeness (QED) is 0.671. The highest BCUT2D eigenvalue weighted by Gasteiger charge is 2.31. The van der Waals surface area contributed by atoms with Gasteiger partial charge >= 0.3 is 5.69 Å². The number of carbonyl (C=O) groups is 1. The second-order valence-corrected chi connectivity index (χ2v) is 6.46. The van der Waals surface area contributed by atoms with Crippen LogP contribution in [0.1, 0.15) is 18.9 Å². The third-order valence-corrected chi connectivity index (χ3v) is 4.50. The first-order valence-corrected chi connectivity index (χ1v) is 8.86. The van der Waals surface area contributed by atoms with Gasteiger partial charge in [0.2, 0.25) is 11.7 Å². The number of furan rings is 1. The molecule has 3 aromatic rings. The lowest BCUT2D eigenvalue weighted by molar-refractivity contribution is -0.117. The average Bonchev–Trinajstić information content (AvgIpc) is 3.27. The third kappa shape index (κ3) is 3.38. The third-order valence-electron chi connectivity index (χ3n) is 4.50. The molecule has 1 aliphatic carbocycles. The molecule has 1 fully saturated rings. The smallest absolute Gasteiger partial charge is 0.347 e. The van der Waals surface area contributed by atoms with Gasteiger partial charge in [-0.15, -0.1) is 5.10 Å². The number of hydrogen-bond acceptors (Lipinski definition) is 6. The molecule has 1 aromatic carbocycles. The second kappa shape index (κ2) is 7.26. The molecule has 4 rings (SSSR count). The SMILES string of the molecule is COc1ccc(OC)c(NC(=O)Cn2nc(-c3ccco3)n(C3CC3)c2=O)c1. The minimum absolute atomic E-state index is 0.0999. The predicted octanol–water partition coefficient (Wildman–Crippen LogP) is 2.30. The van der Waals surface area contributed by atoms with E-state index in [0.29, 0.717) is 28.8 Å². The predicted molar refractivity (Wildman–Crippen MR) is 101 cm³/mol. The molecule has 9 heteroatoms. The van der Waals surface area contributed by atoms with E-state index in [1.54, 1.807) is 34.9 Å². The van der Waals surface area contributed by atoms with Crippen LogP contribution < -0.4 is 20.5 Å². The number of nitrogens with one attached hydrogen (secondary N) is 1. The van der Waals surface area contributed by atoms with Crippen LogP contribution in [-0.2, 0) is 11.3 Å². The summed E-state index contributed by atoms with van der Waals surface area (Å²) in [5.41, 5.74) is 0.120. The molecule has 9 nitrogen and oxygen atoms in total. The number of amides is 1. The first kappa shape index (κ1) is 17.9. The van der Waals surface area contributed by atoms with E-state index in [0.717, 1.165) is 17.5 Å². The summed E-state index contributed by atoms with van der Waals surface area (Å²) in [6.07, 6.45) is 3.34. The minimum Gasteiger partial charge on any atom is -0.497 e. The first-order valence-electron chi connectivity index (χ1n) is 8.86. The summed E-state index contributed by atoms with van der Waals surface area (Å²) in [6, 6.07) is 8.65. The fraction of sp³-hybridized carbons (Fsp3) is 0.316. The number of ether oxygens (including phenoxy) is 2. The summed E-state index contributed by atoms with van der Waals surface area (Å²) in [5.74, 6) is 1.59. The molecule has 28 heavy (non-hydrogen) atoms. The van der Waals surface area contributed by atoms with E-state index in [-0.39, 0.29) is 18.3 Å². The maximum atomic E-state index is 12.8. The zero-order valence-electron chi connectivity index (χ0n) is 15.5. The van der Waals surface area contributed by atoms with E-state index in [2.05, 4.69) is 10.4 Å². The fourth-order valence-corrected chi connectivity index (χ4v) is 3.00. The molecule has 0 spiro atoms. The molecule has 0 unspecified atom stereocenters. The van der Waals surface area contributed by atoms with Gasteiger partial charge in [-0.05, 0) is 37.1 Å². The number of aromatic nitrogens is 3. The van der Waals surface area contributed by atoms with E-state index in [9.17, 15) is 9.59 Å². The number of anilines is 1. The monoisotopic (exact) mass is 384 g/mol. The Morgan fingerprint density at radius 1 is 1.29 bits per heavy atom. The first-order chi connectivity index (χ1) is 13.6. The molecule has 1 N–H and O–H groups in total. The highest BCUT2D eigenvalue weighted by Crippen LogP contribution is 2.36. The van der Waals surface area contributed by atoms with Gasteiger partial charge < -0.3 is 19.2 Å². The van der Waals surface area contributed by atoms with Crippen molar-refractivity contribution < 1.29 is 18.7 Å². The van der Waals surface area contributed by atoms with Crippen molar-refractivity contribution in [2.75, 3.05) is 19.5 Å². The Bertz CT molecular complexity index is 1050. The Labute approximate surface area is 160 Å². The standard InChI is InChI=1S/C19H20N4O5/c1-26-13-7-8-15(27-2)14(10-13)20-17(24)11-22-19(25)23(12-5-6-12)18(21-22)16-4-3-9-28-16/h3-4,7-10,12H,5-6,11H2,1-2H3,(H,20,24). The Balaban J connectivity index is 1.59. The summed E-state index contributed by atoms with van der Waals surface area (Å²) < 4.78 is 18.6. The van der Waals surface area contributed by atoms with Crippen molar-refractivity contribution in [2.24, 2.45) is 0 Å². The maximum Gasteiger partial charge on any atom is 0.347 e. The van der Waals surface area contributed by atoms with Crippen molar-refractivity contribution in [3.8, 4) is 23.1 Å². The van der Waals surface area contributed by atoms with Crippen LogP contribution in [0.15, 0.2) is 45.8 Å². The van der Waals surface area contributed by atoms with E-state index in [1.165, 1.54) is 20.5 Å². The number of methoxy groups -OCH3 is 2. The lowest BCUT2D eigenvalue weighted by atomic mass is 10.2. The van der Waals surface area contributed by atoms with Crippen LogP contribution in [0.25, 0.3) is 11.6 Å². The molecule has 0 saturated heterocycles. The lowest BCUT2D eigenvalue weighted by Gasteiger charge is -2.11. The molecule has 0 aliphatic heterocycles. The van der Waals surface area contributed by atoms with Crippen LogP contribution >= 0.6 is 0 Å². The van der Waals surface area contributed by atoms with Crippen molar-refractivity contribution in [3.05, 3.63) is 47.1 Å². The Morgan fingerprint density at radius 2 is 2.11 bits per heavy atom. The number of hydrogen-bond donors (Lipinski definition) is 1. The zero-order valence-corrected chi connectivity index (χ0v) is 15.5. The van der Waals surface area contributed by atoms with Gasteiger partial charge in [0.25, 0.3) is 0 Å². The van der Waals surface area contributed by atoms with E-state index in [4.69, 9.17) is 13.9 Å². The Kier molecular flexibility index (Phi) is 4.64. The molecule has 146 valence electrons. The molecule has 0 bridgehead atoms. The molecule has 0 radical (unpaired) electrons. The van der Waals surface area contributed by atoms with Crippen LogP contribution in [0.3, 0.4) is 0 Å². The lowest BCUT2D eigenvalue weighted by Crippen LogP contribution is -2.30. The van der Waals surface area contributed by atoms with Gasteiger partial charge in [0.05, 0.1) is 26.2 Å². The summed E-state index contributed by atoms with van der Waals surface area (Å²) in [7, 11) is 3.04. The summed E-state index contributed by atoms with van der Waals surface area (Å²) in [6.45, 7) is -0.230. The largest absolute Gasteiger partial charge is 0.497 e. The maximum absolute atomic E-state index is 12.8. The van der Waals surface area contributed by atoms with E-state index < -0.39 is 5.91 Å². The zero-order chi connectivity index (χ0) is 19.7. The second-order valence-electron chi connectivity index (χ2n) is 6.46. The molecule has 2 aromatic heterocycles. The highest BCUT2D eigenvalue weighted by atomic mass is 16.5. The Morgan fingerprint density at radius 3 is 2.75 bits per heavy atom. The van der Waals surface area contributed by atoms with Crippen LogP contribution in [0.2, 0.25) is 0 Å². The van der Waals surface area contributed by atoms with Gasteiger partial charge in [-0.25, -0.2) is 9.48 Å². The van der Waals surface area contributed by atoms with Crippen LogP contribution in [0.4, 0.5) is 5.69 Å². The van der Waals surface area contributed by atoms with Crippen molar-refractivity contribution in [1.29, 1.82) is 0 Å². The van der Waals surface area contributed by atoms with Gasteiger partial charge in [-0.1, -0.05) is 0 Å². The van der Waals surface area contributed by atoms with Crippen LogP contribution in [0, 0.1) is 0 Å². The number of carbonyl (C=O) groups excluding carboxylic acids is 1. The minimum atomic E-state index is -0.403. The van der Waals surface area contributed by atoms with Gasteiger partial charge in [0.15, 0.2) is 5.76 Å². The van der Waals surface area contributed by atoms with Crippen molar-refractivity contribution >= 4 is 11.6 Å². The number of nitrogens with zero attached hydrogens (tertiary/aromatic N) is 3. The molecular formula is C19H20N4O5. The highest BCUT2D eigenvalue weighted by molar-refractivity contribution is 5.92. The fourth-order valence-electron chi connectivity index (χ4n) is 3.00. The summed E-state index contributed by atoms with van der Waals surface area (Å²) >= 11 is 0. The van der Waals surface area contributed by atoms with Gasteiger partial charge in [-0.3, -0.25) is 9.36 Å². The van der Waals surface area contributed by atoms with Crippen LogP contribution in [0.5, 0.6) is 11.5 Å². The van der Waals surface area contributed by atoms with E-state index in [1.807, 2.05) is 0 Å².